The second-order valence-electron chi connectivity index (χ2n) is 3.62. The number of primary amides is 1. The molecule has 0 unspecified atom stereocenters. The number of amides is 2. The number of nitrogens with two attached hydrogens (primary N) is 1. The van der Waals surface area contributed by atoms with E-state index in [1.165, 1.54) is 11.3 Å². The van der Waals surface area contributed by atoms with Crippen LogP contribution in [0.25, 0.3) is 0 Å². The Morgan fingerprint density at radius 3 is 2.72 bits per heavy atom. The Kier molecular flexibility index (Phi) is 5.25. The number of nitrogens with zero attached hydrogens (tertiary/aromatic N) is 1. The average molecular weight is 271 g/mol. The van der Waals surface area contributed by atoms with Crippen LogP contribution in [0.5, 0.6) is 0 Å². The number of carboxylic acid groups (broad SMARTS) is 1. The van der Waals surface area contributed by atoms with Gasteiger partial charge in [-0.1, -0.05) is 0 Å². The van der Waals surface area contributed by atoms with Crippen LogP contribution < -0.4 is 11.1 Å². The zero-order valence-electron chi connectivity index (χ0n) is 9.46. The zero-order valence-corrected chi connectivity index (χ0v) is 10.3. The molecular weight excluding hydrogens is 258 g/mol. The summed E-state index contributed by atoms with van der Waals surface area (Å²) in [6, 6.07) is -1.11. The van der Waals surface area contributed by atoms with Crippen LogP contribution in [0.2, 0.25) is 0 Å². The van der Waals surface area contributed by atoms with E-state index in [0.29, 0.717) is 5.69 Å². The van der Waals surface area contributed by atoms with Gasteiger partial charge in [-0.2, -0.15) is 0 Å². The minimum atomic E-state index is -1.19. The van der Waals surface area contributed by atoms with E-state index in [9.17, 15) is 14.4 Å². The maximum Gasteiger partial charge on any atom is 0.326 e. The van der Waals surface area contributed by atoms with Gasteiger partial charge in [0.2, 0.25) is 11.8 Å². The number of nitrogens with one attached hydrogen (secondary N) is 1. The third-order valence-corrected chi connectivity index (χ3v) is 2.77. The van der Waals surface area contributed by atoms with Crippen molar-refractivity contribution in [2.45, 2.75) is 25.3 Å². The van der Waals surface area contributed by atoms with Crippen molar-refractivity contribution < 1.29 is 19.5 Å². The van der Waals surface area contributed by atoms with E-state index in [2.05, 4.69) is 10.3 Å². The number of aliphatic carboxylic acids is 1. The molecule has 0 aromatic carbocycles. The van der Waals surface area contributed by atoms with Crippen LogP contribution in [0.4, 0.5) is 0 Å². The van der Waals surface area contributed by atoms with Gasteiger partial charge in [-0.25, -0.2) is 9.78 Å². The first kappa shape index (κ1) is 14.1. The molecule has 4 N–H and O–H groups in total. The van der Waals surface area contributed by atoms with Crippen LogP contribution >= 0.6 is 11.3 Å². The molecule has 0 spiro atoms. The summed E-state index contributed by atoms with van der Waals surface area (Å²) in [5.74, 6) is -2.24. The number of thiazole rings is 1. The van der Waals surface area contributed by atoms with Crippen molar-refractivity contribution in [1.82, 2.24) is 10.3 Å². The van der Waals surface area contributed by atoms with Crippen molar-refractivity contribution in [2.24, 2.45) is 5.73 Å². The van der Waals surface area contributed by atoms with Gasteiger partial charge in [0.05, 0.1) is 17.6 Å². The van der Waals surface area contributed by atoms with E-state index < -0.39 is 23.8 Å². The lowest BCUT2D eigenvalue weighted by Crippen LogP contribution is -2.42. The predicted molar refractivity (Wildman–Crippen MR) is 63.8 cm³/mol. The van der Waals surface area contributed by atoms with Crippen LogP contribution in [-0.2, 0) is 20.8 Å². The second kappa shape index (κ2) is 6.70. The standard InChI is InChI=1S/C10H13N3O4S/c11-8(14)2-1-7(10(16)17)13-9(15)3-6-4-18-5-12-6/h4-5,7H,1-3H2,(H2,11,14)(H,13,15)(H,16,17)/t7-/m0/s1. The summed E-state index contributed by atoms with van der Waals surface area (Å²) in [7, 11) is 0. The molecule has 0 aliphatic rings. The van der Waals surface area contributed by atoms with Crippen LogP contribution in [0.1, 0.15) is 18.5 Å². The summed E-state index contributed by atoms with van der Waals surface area (Å²) in [6.07, 6.45) is -0.0920. The van der Waals surface area contributed by atoms with Gasteiger partial charge < -0.3 is 16.2 Å². The largest absolute Gasteiger partial charge is 0.480 e. The maximum absolute atomic E-state index is 11.5. The van der Waals surface area contributed by atoms with E-state index in [1.807, 2.05) is 0 Å². The molecule has 98 valence electrons. The van der Waals surface area contributed by atoms with Crippen LogP contribution in [0.15, 0.2) is 10.9 Å². The quantitative estimate of drug-likeness (QED) is 0.618. The Morgan fingerprint density at radius 2 is 2.22 bits per heavy atom. The van der Waals surface area contributed by atoms with E-state index in [1.54, 1.807) is 10.9 Å². The van der Waals surface area contributed by atoms with Crippen molar-refractivity contribution >= 4 is 29.1 Å². The van der Waals surface area contributed by atoms with Gasteiger partial charge in [-0.15, -0.1) is 11.3 Å². The second-order valence-corrected chi connectivity index (χ2v) is 4.34. The van der Waals surface area contributed by atoms with Crippen molar-refractivity contribution in [2.75, 3.05) is 0 Å². The van der Waals surface area contributed by atoms with Gasteiger partial charge in [0, 0.05) is 11.8 Å². The van der Waals surface area contributed by atoms with Gasteiger partial charge in [0.15, 0.2) is 0 Å². The smallest absolute Gasteiger partial charge is 0.326 e. The number of hydrogen-bond acceptors (Lipinski definition) is 5. The van der Waals surface area contributed by atoms with Gasteiger partial charge in [0.25, 0.3) is 0 Å². The Hall–Kier alpha value is -1.96. The highest BCUT2D eigenvalue weighted by Crippen LogP contribution is 2.03. The molecule has 7 nitrogen and oxygen atoms in total. The third-order valence-electron chi connectivity index (χ3n) is 2.14. The molecule has 0 saturated carbocycles. The highest BCUT2D eigenvalue weighted by Gasteiger charge is 2.20. The topological polar surface area (TPSA) is 122 Å². The lowest BCUT2D eigenvalue weighted by molar-refractivity contribution is -0.142. The van der Waals surface area contributed by atoms with E-state index in [4.69, 9.17) is 10.8 Å². The van der Waals surface area contributed by atoms with E-state index in [-0.39, 0.29) is 19.3 Å². The molecule has 18 heavy (non-hydrogen) atoms. The SMILES string of the molecule is NC(=O)CC[C@H](NC(=O)Cc1cscn1)C(=O)O. The molecule has 1 heterocycles. The molecule has 1 atom stereocenters. The van der Waals surface area contributed by atoms with Crippen LogP contribution in [-0.4, -0.2) is 33.9 Å². The average Bonchev–Trinajstić information content (AvgIpc) is 2.76. The van der Waals surface area contributed by atoms with Crippen molar-refractivity contribution in [3.8, 4) is 0 Å². The minimum Gasteiger partial charge on any atom is -0.480 e. The van der Waals surface area contributed by atoms with E-state index >= 15 is 0 Å². The lowest BCUT2D eigenvalue weighted by Gasteiger charge is -2.13. The Bertz CT molecular complexity index is 432. The first-order valence-electron chi connectivity index (χ1n) is 5.16. The van der Waals surface area contributed by atoms with Gasteiger partial charge in [0.1, 0.15) is 6.04 Å². The Morgan fingerprint density at radius 1 is 1.50 bits per heavy atom. The zero-order chi connectivity index (χ0) is 13.5. The molecule has 0 fully saturated rings. The molecule has 1 aromatic heterocycles. The molecule has 1 rings (SSSR count). The number of hydrogen-bond donors (Lipinski definition) is 3. The summed E-state index contributed by atoms with van der Waals surface area (Å²) in [5.41, 5.74) is 7.10. The highest BCUT2D eigenvalue weighted by atomic mass is 32.1. The normalized spacial score (nSPS) is 11.8. The molecule has 0 radical (unpaired) electrons. The number of carbonyl (C=O) groups is 3. The summed E-state index contributed by atoms with van der Waals surface area (Å²) in [4.78, 5) is 36.9. The monoisotopic (exact) mass is 271 g/mol. The van der Waals surface area contributed by atoms with Gasteiger partial charge in [-0.05, 0) is 6.42 Å². The molecule has 0 saturated heterocycles. The van der Waals surface area contributed by atoms with E-state index in [0.717, 1.165) is 0 Å². The van der Waals surface area contributed by atoms with Crippen LogP contribution in [0, 0.1) is 0 Å². The molecule has 1 aromatic rings. The molecule has 0 aliphatic carbocycles. The molecular formula is C10H13N3O4S. The van der Waals surface area contributed by atoms with Crippen molar-refractivity contribution in [3.05, 3.63) is 16.6 Å². The summed E-state index contributed by atoms with van der Waals surface area (Å²) in [5, 5.41) is 12.9. The fourth-order valence-corrected chi connectivity index (χ4v) is 1.84. The summed E-state index contributed by atoms with van der Waals surface area (Å²) < 4.78 is 0. The highest BCUT2D eigenvalue weighted by molar-refractivity contribution is 7.07. The fraction of sp³-hybridized carbons (Fsp3) is 0.400. The van der Waals surface area contributed by atoms with Gasteiger partial charge in [-0.3, -0.25) is 9.59 Å². The Labute approximate surface area is 107 Å². The number of rotatable bonds is 7. The summed E-state index contributed by atoms with van der Waals surface area (Å²) in [6.45, 7) is 0. The molecule has 2 amide bonds. The lowest BCUT2D eigenvalue weighted by atomic mass is 10.1. The van der Waals surface area contributed by atoms with Gasteiger partial charge >= 0.3 is 5.97 Å². The number of carbonyl (C=O) groups excluding carboxylic acids is 2. The molecule has 0 bridgehead atoms. The first-order valence-corrected chi connectivity index (χ1v) is 6.11. The van der Waals surface area contributed by atoms with Crippen LogP contribution in [0.3, 0.4) is 0 Å². The van der Waals surface area contributed by atoms with Crippen molar-refractivity contribution in [3.63, 3.8) is 0 Å². The predicted octanol–water partition coefficient (Wildman–Crippen LogP) is -0.480. The number of carboxylic acids is 1. The first-order chi connectivity index (χ1) is 8.49. The van der Waals surface area contributed by atoms with Crippen molar-refractivity contribution in [1.29, 1.82) is 0 Å². The maximum atomic E-state index is 11.5. The number of aromatic nitrogens is 1. The fourth-order valence-electron chi connectivity index (χ4n) is 1.28. The minimum absolute atomic E-state index is 0.0177. The molecule has 0 aliphatic heterocycles. The summed E-state index contributed by atoms with van der Waals surface area (Å²) >= 11 is 1.35. The third kappa shape index (κ3) is 4.91. The Balaban J connectivity index is 2.47. The molecule has 8 heteroatoms.